The first-order valence-corrected chi connectivity index (χ1v) is 13.5. The molecule has 2 N–H and O–H groups in total. The van der Waals surface area contributed by atoms with Crippen molar-refractivity contribution in [2.45, 2.75) is 95.4 Å². The second-order valence-corrected chi connectivity index (χ2v) is 11.4. The van der Waals surface area contributed by atoms with Gasteiger partial charge in [-0.05, 0) is 82.0 Å². The molecule has 5 aliphatic rings. The molecule has 0 unspecified atom stereocenters. The minimum atomic E-state index is -0.633. The van der Waals surface area contributed by atoms with Crippen LogP contribution in [-0.2, 0) is 47.4 Å². The molecule has 2 aliphatic carbocycles. The predicted octanol–water partition coefficient (Wildman–Crippen LogP) is 3.81. The Kier molecular flexibility index (Phi) is 4.10. The van der Waals surface area contributed by atoms with Crippen LogP contribution in [-0.4, -0.2) is 41.3 Å². The maximum Gasteiger partial charge on any atom is 0.252 e. The highest BCUT2D eigenvalue weighted by Crippen LogP contribution is 2.54. The highest BCUT2D eigenvalue weighted by atomic mass is 16.6. The number of aryl methyl sites for hydroxylation is 2. The van der Waals surface area contributed by atoms with Crippen LogP contribution in [0.2, 0.25) is 0 Å². The van der Waals surface area contributed by atoms with Crippen molar-refractivity contribution in [3.05, 3.63) is 33.6 Å². The molecule has 5 heterocycles. The van der Waals surface area contributed by atoms with Crippen LogP contribution in [0, 0.1) is 0 Å². The quantitative estimate of drug-likeness (QED) is 0.593. The van der Waals surface area contributed by atoms with Crippen LogP contribution in [0.5, 0.6) is 0 Å². The lowest BCUT2D eigenvalue weighted by Gasteiger charge is -2.49. The van der Waals surface area contributed by atoms with E-state index in [2.05, 4.69) is 26.7 Å². The number of hydrogen-bond donors (Lipinski definition) is 2. The molecule has 1 saturated heterocycles. The molecule has 0 spiro atoms. The summed E-state index contributed by atoms with van der Waals surface area (Å²) in [5.41, 5.74) is 9.71. The van der Waals surface area contributed by atoms with Crippen LogP contribution in [0.15, 0.2) is 0 Å². The summed E-state index contributed by atoms with van der Waals surface area (Å²) in [6.45, 7) is 2.87. The fraction of sp³-hybridized carbons (Fsp3) is 0.607. The number of methoxy groups -OCH3 is 1. The lowest BCUT2D eigenvalue weighted by atomic mass is 9.89. The highest BCUT2D eigenvalue weighted by Gasteiger charge is 2.54. The smallest absolute Gasteiger partial charge is 0.252 e. The number of benzene rings is 1. The van der Waals surface area contributed by atoms with Gasteiger partial charge in [0.25, 0.3) is 5.91 Å². The fourth-order valence-corrected chi connectivity index (χ4v) is 8.53. The van der Waals surface area contributed by atoms with E-state index in [0.29, 0.717) is 6.54 Å². The van der Waals surface area contributed by atoms with E-state index in [1.54, 1.807) is 0 Å². The first kappa shape index (κ1) is 20.8. The summed E-state index contributed by atoms with van der Waals surface area (Å²) < 4.78 is 18.5. The van der Waals surface area contributed by atoms with Crippen LogP contribution in [0.25, 0.3) is 21.8 Å². The second kappa shape index (κ2) is 6.90. The zero-order chi connectivity index (χ0) is 23.6. The van der Waals surface area contributed by atoms with Gasteiger partial charge in [-0.3, -0.25) is 4.79 Å². The Hall–Kier alpha value is -2.35. The van der Waals surface area contributed by atoms with Crippen LogP contribution in [0.3, 0.4) is 0 Å². The van der Waals surface area contributed by atoms with Gasteiger partial charge in [0.15, 0.2) is 5.72 Å². The summed E-state index contributed by atoms with van der Waals surface area (Å²) in [4.78, 5) is 13.4. The van der Waals surface area contributed by atoms with Crippen molar-refractivity contribution in [3.63, 3.8) is 0 Å². The zero-order valence-corrected chi connectivity index (χ0v) is 20.9. The lowest BCUT2D eigenvalue weighted by molar-refractivity contribution is -0.259. The number of rotatable bonds is 2. The van der Waals surface area contributed by atoms with Gasteiger partial charge in [0, 0.05) is 48.3 Å². The first-order chi connectivity index (χ1) is 17.1. The molecule has 184 valence electrons. The first-order valence-electron chi connectivity index (χ1n) is 13.5. The van der Waals surface area contributed by atoms with Gasteiger partial charge in [-0.25, -0.2) is 0 Å². The molecule has 1 fully saturated rings. The fourth-order valence-electron chi connectivity index (χ4n) is 8.53. The molecule has 1 amide bonds. The maximum atomic E-state index is 13.4. The normalized spacial score (nSPS) is 30.9. The number of aromatic nitrogens is 2. The molecule has 3 aliphatic heterocycles. The second-order valence-electron chi connectivity index (χ2n) is 11.4. The number of carbonyl (C=O) groups excluding carboxylic acids is 1. The van der Waals surface area contributed by atoms with Crippen LogP contribution >= 0.6 is 0 Å². The van der Waals surface area contributed by atoms with E-state index in [0.717, 1.165) is 37.7 Å². The van der Waals surface area contributed by atoms with E-state index in [1.807, 2.05) is 14.2 Å². The van der Waals surface area contributed by atoms with Crippen molar-refractivity contribution >= 4 is 27.7 Å². The van der Waals surface area contributed by atoms with Crippen molar-refractivity contribution in [3.8, 4) is 0 Å². The van der Waals surface area contributed by atoms with Gasteiger partial charge >= 0.3 is 0 Å². The van der Waals surface area contributed by atoms with Gasteiger partial charge in [-0.1, -0.05) is 0 Å². The highest BCUT2D eigenvalue weighted by molar-refractivity contribution is 6.21. The van der Waals surface area contributed by atoms with Gasteiger partial charge in [-0.2, -0.15) is 0 Å². The minimum absolute atomic E-state index is 0.0851. The Balaban J connectivity index is 1.64. The molecule has 7 heteroatoms. The van der Waals surface area contributed by atoms with E-state index in [1.165, 1.54) is 75.6 Å². The third-order valence-electron chi connectivity index (χ3n) is 9.79. The third kappa shape index (κ3) is 2.31. The molecule has 7 nitrogen and oxygen atoms in total. The average Bonchev–Trinajstić information content (AvgIpc) is 3.51. The standard InChI is InChI=1S/C28H34N4O3/c1-28-26(34-3)17(29-2)12-20(35-28)31-18-10-6-4-8-14(18)22-23-16(13-30-27(23)33)21-15-9-5-7-11-19(15)32(28)25(21)24(22)31/h17,20,26,29H,4-13H2,1-3H3,(H,30,33)/t17-,20-,26-,28+/m1/s1. The van der Waals surface area contributed by atoms with E-state index >= 15 is 0 Å². The van der Waals surface area contributed by atoms with Gasteiger partial charge in [-0.15, -0.1) is 0 Å². The molecule has 8 rings (SSSR count). The summed E-state index contributed by atoms with van der Waals surface area (Å²) in [6, 6.07) is 0.168. The number of fused-ring (bicyclic) bond motifs is 13. The van der Waals surface area contributed by atoms with Crippen molar-refractivity contribution in [1.29, 1.82) is 0 Å². The van der Waals surface area contributed by atoms with Crippen LogP contribution in [0.1, 0.15) is 83.7 Å². The number of nitrogens with one attached hydrogen (secondary N) is 2. The predicted molar refractivity (Wildman–Crippen MR) is 134 cm³/mol. The summed E-state index contributed by atoms with van der Waals surface area (Å²) in [5, 5.41) is 9.32. The van der Waals surface area contributed by atoms with Gasteiger partial charge in [0.2, 0.25) is 0 Å². The van der Waals surface area contributed by atoms with E-state index in [-0.39, 0.29) is 24.3 Å². The van der Waals surface area contributed by atoms with Crippen molar-refractivity contribution < 1.29 is 14.3 Å². The lowest BCUT2D eigenvalue weighted by Crippen LogP contribution is -2.60. The summed E-state index contributed by atoms with van der Waals surface area (Å²) in [6.07, 6.45) is 9.63. The third-order valence-corrected chi connectivity index (χ3v) is 9.79. The molecule has 4 atom stereocenters. The number of amides is 1. The number of nitrogens with zero attached hydrogens (tertiary/aromatic N) is 2. The number of likely N-dealkylation sites (N-methyl/N-ethyl adjacent to an activating group) is 1. The van der Waals surface area contributed by atoms with Crippen molar-refractivity contribution in [2.24, 2.45) is 0 Å². The maximum absolute atomic E-state index is 13.4. The molecule has 35 heavy (non-hydrogen) atoms. The SMILES string of the molecule is CN[C@@H]1C[C@H]2O[C@@](C)([C@@H]1OC)n1c3c(c4c5c(c6c7c(n2c6c41)CCCC7)C(=O)NC5)CCCC3. The molecule has 1 aromatic carbocycles. The Morgan fingerprint density at radius 2 is 1.71 bits per heavy atom. The monoisotopic (exact) mass is 474 g/mol. The number of ether oxygens (including phenoxy) is 2. The Morgan fingerprint density at radius 3 is 2.46 bits per heavy atom. The largest absolute Gasteiger partial charge is 0.375 e. The molecule has 0 saturated carbocycles. The van der Waals surface area contributed by atoms with Gasteiger partial charge in [0.05, 0.1) is 16.6 Å². The Bertz CT molecular complexity index is 1450. The summed E-state index contributed by atoms with van der Waals surface area (Å²) in [5.74, 6) is 0.104. The molecule has 2 bridgehead atoms. The Morgan fingerprint density at radius 1 is 1.00 bits per heavy atom. The summed E-state index contributed by atoms with van der Waals surface area (Å²) in [7, 11) is 3.87. The van der Waals surface area contributed by atoms with Crippen molar-refractivity contribution in [1.82, 2.24) is 19.8 Å². The molecular weight excluding hydrogens is 440 g/mol. The van der Waals surface area contributed by atoms with E-state index < -0.39 is 5.72 Å². The van der Waals surface area contributed by atoms with Crippen LogP contribution in [0.4, 0.5) is 0 Å². The molecule has 0 radical (unpaired) electrons. The minimum Gasteiger partial charge on any atom is -0.375 e. The topological polar surface area (TPSA) is 69.5 Å². The van der Waals surface area contributed by atoms with Crippen molar-refractivity contribution in [2.75, 3.05) is 14.2 Å². The van der Waals surface area contributed by atoms with Crippen LogP contribution < -0.4 is 10.6 Å². The summed E-state index contributed by atoms with van der Waals surface area (Å²) >= 11 is 0. The van der Waals surface area contributed by atoms with Gasteiger partial charge in [0.1, 0.15) is 12.3 Å². The van der Waals surface area contributed by atoms with Gasteiger partial charge < -0.3 is 29.2 Å². The van der Waals surface area contributed by atoms with E-state index in [9.17, 15) is 4.79 Å². The molecule has 2 aromatic heterocycles. The number of hydrogen-bond acceptors (Lipinski definition) is 4. The average molecular weight is 475 g/mol. The Labute approximate surface area is 205 Å². The zero-order valence-electron chi connectivity index (χ0n) is 20.9. The molecule has 3 aromatic rings. The number of carbonyl (C=O) groups is 1. The van der Waals surface area contributed by atoms with E-state index in [4.69, 9.17) is 9.47 Å². The molecular formula is C28H34N4O3.